The highest BCUT2D eigenvalue weighted by Crippen LogP contribution is 2.19. The van der Waals surface area contributed by atoms with E-state index in [1.807, 2.05) is 19.9 Å². The highest BCUT2D eigenvalue weighted by atomic mass is 79.9. The van der Waals surface area contributed by atoms with Gasteiger partial charge in [0, 0.05) is 11.4 Å². The van der Waals surface area contributed by atoms with Gasteiger partial charge in [-0.3, -0.25) is 4.79 Å². The molecule has 112 valence electrons. The molecule has 0 aliphatic heterocycles. The molecule has 0 saturated carbocycles. The van der Waals surface area contributed by atoms with Crippen molar-refractivity contribution in [3.63, 3.8) is 0 Å². The lowest BCUT2D eigenvalue weighted by Gasteiger charge is -2.20. The summed E-state index contributed by atoms with van der Waals surface area (Å²) in [5, 5.41) is 11.1. The van der Waals surface area contributed by atoms with Gasteiger partial charge in [0.25, 0.3) is 5.91 Å². The van der Waals surface area contributed by atoms with E-state index >= 15 is 0 Å². The van der Waals surface area contributed by atoms with Crippen molar-refractivity contribution in [2.75, 3.05) is 6.54 Å². The molecular formula is C15H24BrN3O. The molecule has 1 unspecified atom stereocenters. The molecular weight excluding hydrogens is 318 g/mol. The van der Waals surface area contributed by atoms with E-state index in [2.05, 4.69) is 45.3 Å². The van der Waals surface area contributed by atoms with E-state index in [4.69, 9.17) is 0 Å². The lowest BCUT2D eigenvalue weighted by atomic mass is 9.99. The van der Waals surface area contributed by atoms with Crippen LogP contribution in [-0.4, -0.2) is 27.5 Å². The minimum Gasteiger partial charge on any atom is -0.351 e. The number of rotatable bonds is 7. The Hall–Kier alpha value is -0.970. The van der Waals surface area contributed by atoms with Crippen molar-refractivity contribution in [1.29, 1.82) is 0 Å². The molecule has 0 aliphatic rings. The quantitative estimate of drug-likeness (QED) is 0.774. The summed E-state index contributed by atoms with van der Waals surface area (Å²) in [6, 6.07) is 1.81. The summed E-state index contributed by atoms with van der Waals surface area (Å²) in [6.07, 6.45) is 2.93. The second-order valence-corrected chi connectivity index (χ2v) is 6.18. The minimum atomic E-state index is -0.0599. The summed E-state index contributed by atoms with van der Waals surface area (Å²) < 4.78 is 0. The Kier molecular flexibility index (Phi) is 7.13. The van der Waals surface area contributed by atoms with Crippen LogP contribution in [0.25, 0.3) is 0 Å². The fourth-order valence-corrected chi connectivity index (χ4v) is 3.13. The van der Waals surface area contributed by atoms with Crippen molar-refractivity contribution in [1.82, 2.24) is 15.5 Å². The van der Waals surface area contributed by atoms with Crippen LogP contribution >= 0.6 is 15.9 Å². The maximum atomic E-state index is 12.3. The van der Waals surface area contributed by atoms with Gasteiger partial charge in [0.05, 0.1) is 17.0 Å². The highest BCUT2D eigenvalue weighted by Gasteiger charge is 2.18. The number of hydrogen-bond acceptors (Lipinski definition) is 3. The molecule has 1 amide bonds. The van der Waals surface area contributed by atoms with E-state index in [-0.39, 0.29) is 5.91 Å². The van der Waals surface area contributed by atoms with E-state index in [0.29, 0.717) is 29.3 Å². The summed E-state index contributed by atoms with van der Waals surface area (Å²) in [7, 11) is 0. The standard InChI is InChI=1S/C15H24BrN3O/c1-5-11(6-2)13(16)9-17-15(20)12-8-10(4)18-19-14(12)7-3/h8,11,13H,5-7,9H2,1-4H3,(H,17,20). The maximum Gasteiger partial charge on any atom is 0.253 e. The molecule has 1 heterocycles. The van der Waals surface area contributed by atoms with Gasteiger partial charge in [0.2, 0.25) is 0 Å². The number of carbonyl (C=O) groups excluding carboxylic acids is 1. The predicted molar refractivity (Wildman–Crippen MR) is 85.3 cm³/mol. The van der Waals surface area contributed by atoms with E-state index in [1.54, 1.807) is 0 Å². The van der Waals surface area contributed by atoms with Gasteiger partial charge in [-0.2, -0.15) is 10.2 Å². The van der Waals surface area contributed by atoms with Crippen molar-refractivity contribution in [3.8, 4) is 0 Å². The van der Waals surface area contributed by atoms with Crippen molar-refractivity contribution in [2.24, 2.45) is 5.92 Å². The first-order valence-electron chi connectivity index (χ1n) is 7.28. The molecule has 20 heavy (non-hydrogen) atoms. The Bertz CT molecular complexity index is 447. The van der Waals surface area contributed by atoms with Crippen molar-refractivity contribution in [2.45, 2.75) is 51.8 Å². The van der Waals surface area contributed by atoms with Crippen LogP contribution in [0.2, 0.25) is 0 Å². The number of alkyl halides is 1. The number of amides is 1. The largest absolute Gasteiger partial charge is 0.351 e. The number of hydrogen-bond donors (Lipinski definition) is 1. The number of nitrogens with one attached hydrogen (secondary N) is 1. The average Bonchev–Trinajstić information content (AvgIpc) is 2.46. The van der Waals surface area contributed by atoms with E-state index in [0.717, 1.165) is 24.2 Å². The zero-order chi connectivity index (χ0) is 15.1. The van der Waals surface area contributed by atoms with Crippen LogP contribution < -0.4 is 5.32 Å². The van der Waals surface area contributed by atoms with Gasteiger partial charge < -0.3 is 5.32 Å². The van der Waals surface area contributed by atoms with Crippen LogP contribution in [0.5, 0.6) is 0 Å². The number of carbonyl (C=O) groups is 1. The second-order valence-electron chi connectivity index (χ2n) is 5.00. The summed E-state index contributed by atoms with van der Waals surface area (Å²) in [4.78, 5) is 12.6. The number of halogens is 1. The zero-order valence-electron chi connectivity index (χ0n) is 12.7. The molecule has 0 aliphatic carbocycles. The van der Waals surface area contributed by atoms with E-state index in [1.165, 1.54) is 0 Å². The lowest BCUT2D eigenvalue weighted by Crippen LogP contribution is -2.33. The van der Waals surface area contributed by atoms with Gasteiger partial charge in [-0.05, 0) is 25.3 Å². The molecule has 0 aromatic carbocycles. The third-order valence-electron chi connectivity index (χ3n) is 3.59. The summed E-state index contributed by atoms with van der Waals surface area (Å²) in [5.74, 6) is 0.522. The maximum absolute atomic E-state index is 12.3. The van der Waals surface area contributed by atoms with Crippen molar-refractivity contribution < 1.29 is 4.79 Å². The van der Waals surface area contributed by atoms with Crippen LogP contribution in [0.15, 0.2) is 6.07 Å². The normalized spacial score (nSPS) is 12.5. The lowest BCUT2D eigenvalue weighted by molar-refractivity contribution is 0.0950. The van der Waals surface area contributed by atoms with Crippen molar-refractivity contribution in [3.05, 3.63) is 23.0 Å². The van der Waals surface area contributed by atoms with Gasteiger partial charge in [-0.1, -0.05) is 49.5 Å². The molecule has 0 bridgehead atoms. The molecule has 0 spiro atoms. The van der Waals surface area contributed by atoms with Gasteiger partial charge in [-0.15, -0.1) is 0 Å². The smallest absolute Gasteiger partial charge is 0.253 e. The minimum absolute atomic E-state index is 0.0599. The molecule has 1 rings (SSSR count). The number of aryl methyl sites for hydroxylation is 2. The van der Waals surface area contributed by atoms with Crippen LogP contribution in [0.4, 0.5) is 0 Å². The Morgan fingerprint density at radius 2 is 1.95 bits per heavy atom. The highest BCUT2D eigenvalue weighted by molar-refractivity contribution is 9.09. The molecule has 0 fully saturated rings. The Labute approximate surface area is 129 Å². The van der Waals surface area contributed by atoms with Crippen molar-refractivity contribution >= 4 is 21.8 Å². The first-order chi connectivity index (χ1) is 9.53. The molecule has 5 heteroatoms. The number of aromatic nitrogens is 2. The predicted octanol–water partition coefficient (Wildman–Crippen LogP) is 3.28. The average molecular weight is 342 g/mol. The summed E-state index contributed by atoms with van der Waals surface area (Å²) in [5.41, 5.74) is 2.16. The molecule has 1 atom stereocenters. The monoisotopic (exact) mass is 341 g/mol. The molecule has 0 saturated heterocycles. The molecule has 4 nitrogen and oxygen atoms in total. The fraction of sp³-hybridized carbons (Fsp3) is 0.667. The molecule has 0 radical (unpaired) electrons. The van der Waals surface area contributed by atoms with Crippen LogP contribution in [0, 0.1) is 12.8 Å². The van der Waals surface area contributed by atoms with E-state index < -0.39 is 0 Å². The number of nitrogens with zero attached hydrogens (tertiary/aromatic N) is 2. The third kappa shape index (κ3) is 4.54. The Morgan fingerprint density at radius 1 is 1.30 bits per heavy atom. The van der Waals surface area contributed by atoms with Gasteiger partial charge in [0.15, 0.2) is 0 Å². The zero-order valence-corrected chi connectivity index (χ0v) is 14.3. The van der Waals surface area contributed by atoms with Crippen LogP contribution in [-0.2, 0) is 6.42 Å². The second kappa shape index (κ2) is 8.35. The molecule has 1 N–H and O–H groups in total. The summed E-state index contributed by atoms with van der Waals surface area (Å²) >= 11 is 3.67. The van der Waals surface area contributed by atoms with Crippen LogP contribution in [0.1, 0.15) is 55.4 Å². The fourth-order valence-electron chi connectivity index (χ4n) is 2.22. The Balaban J connectivity index is 2.70. The Morgan fingerprint density at radius 3 is 2.50 bits per heavy atom. The van der Waals surface area contributed by atoms with Crippen LogP contribution in [0.3, 0.4) is 0 Å². The van der Waals surface area contributed by atoms with Gasteiger partial charge in [0.1, 0.15) is 0 Å². The summed E-state index contributed by atoms with van der Waals surface area (Å²) in [6.45, 7) is 8.81. The molecule has 1 aromatic rings. The first kappa shape index (κ1) is 17.1. The van der Waals surface area contributed by atoms with Gasteiger partial charge >= 0.3 is 0 Å². The van der Waals surface area contributed by atoms with Gasteiger partial charge in [-0.25, -0.2) is 0 Å². The SMILES string of the molecule is CCc1nnc(C)cc1C(=O)NCC(Br)C(CC)CC. The molecule has 1 aromatic heterocycles. The van der Waals surface area contributed by atoms with E-state index in [9.17, 15) is 4.79 Å². The first-order valence-corrected chi connectivity index (χ1v) is 8.20. The topological polar surface area (TPSA) is 54.9 Å². The third-order valence-corrected chi connectivity index (χ3v) is 4.66.